The average Bonchev–Trinajstić information content (AvgIpc) is 3.06. The van der Waals surface area contributed by atoms with E-state index in [0.717, 1.165) is 18.4 Å². The van der Waals surface area contributed by atoms with Crippen molar-refractivity contribution in [3.63, 3.8) is 0 Å². The molecule has 178 valence electrons. The number of benzene rings is 3. The maximum absolute atomic E-state index is 4.91. The summed E-state index contributed by atoms with van der Waals surface area (Å²) < 4.78 is 4.74. The van der Waals surface area contributed by atoms with Gasteiger partial charge in [-0.3, -0.25) is 0 Å². The van der Waals surface area contributed by atoms with Gasteiger partial charge in [0.1, 0.15) is 5.52 Å². The first-order valence-electron chi connectivity index (χ1n) is 12.8. The molecule has 0 unspecified atom stereocenters. The number of aromatic nitrogens is 3. The van der Waals surface area contributed by atoms with E-state index in [-0.39, 0.29) is 10.8 Å². The molecule has 0 bridgehead atoms. The molecule has 0 saturated heterocycles. The molecule has 0 saturated carbocycles. The van der Waals surface area contributed by atoms with Gasteiger partial charge in [-0.25, -0.2) is 4.57 Å². The van der Waals surface area contributed by atoms with E-state index >= 15 is 0 Å². The van der Waals surface area contributed by atoms with Crippen molar-refractivity contribution in [2.45, 2.75) is 61.3 Å². The SMILES string of the molecule is Cc1ccc2c3cc(CC(C)(C)C)ccc3n3c4cc(CC(C)(C)C)cc5nc[n+](C)c(c1c23)c54. The summed E-state index contributed by atoms with van der Waals surface area (Å²) in [5.74, 6) is 0. The zero-order valence-electron chi connectivity index (χ0n) is 22.4. The van der Waals surface area contributed by atoms with E-state index in [2.05, 4.69) is 107 Å². The Labute approximate surface area is 207 Å². The molecule has 3 aromatic heterocycles. The lowest BCUT2D eigenvalue weighted by molar-refractivity contribution is -0.646. The summed E-state index contributed by atoms with van der Waals surface area (Å²) in [5, 5.41) is 5.28. The maximum Gasteiger partial charge on any atom is 0.287 e. The molecule has 0 atom stereocenters. The molecule has 0 radical (unpaired) electrons. The first kappa shape index (κ1) is 22.3. The molecule has 3 heterocycles. The second-order valence-electron chi connectivity index (χ2n) is 13.0. The van der Waals surface area contributed by atoms with Crippen LogP contribution in [0.1, 0.15) is 58.2 Å². The van der Waals surface area contributed by atoms with E-state index in [4.69, 9.17) is 4.98 Å². The highest BCUT2D eigenvalue weighted by molar-refractivity contribution is 6.25. The van der Waals surface area contributed by atoms with Gasteiger partial charge in [-0.2, -0.15) is 0 Å². The number of hydrogen-bond donors (Lipinski definition) is 0. The van der Waals surface area contributed by atoms with E-state index < -0.39 is 0 Å². The maximum atomic E-state index is 4.91. The van der Waals surface area contributed by atoms with Crippen LogP contribution in [0.4, 0.5) is 0 Å². The predicted molar refractivity (Wildman–Crippen MR) is 149 cm³/mol. The van der Waals surface area contributed by atoms with Gasteiger partial charge < -0.3 is 4.40 Å². The zero-order chi connectivity index (χ0) is 24.9. The molecular formula is C32H36N3+. The third kappa shape index (κ3) is 3.47. The predicted octanol–water partition coefficient (Wildman–Crippen LogP) is 7.70. The molecule has 6 rings (SSSR count). The van der Waals surface area contributed by atoms with Crippen LogP contribution in [0.2, 0.25) is 0 Å². The van der Waals surface area contributed by atoms with Gasteiger partial charge >= 0.3 is 0 Å². The van der Waals surface area contributed by atoms with Crippen LogP contribution in [-0.4, -0.2) is 9.38 Å². The Bertz CT molecular complexity index is 1770. The van der Waals surface area contributed by atoms with Gasteiger partial charge in [0.2, 0.25) is 0 Å². The van der Waals surface area contributed by atoms with E-state index in [0.29, 0.717) is 0 Å². The summed E-state index contributed by atoms with van der Waals surface area (Å²) in [5.41, 5.74) is 10.8. The summed E-state index contributed by atoms with van der Waals surface area (Å²) in [6, 6.07) is 16.5. The minimum absolute atomic E-state index is 0.210. The Morgan fingerprint density at radius 1 is 0.771 bits per heavy atom. The van der Waals surface area contributed by atoms with Crippen molar-refractivity contribution in [3.8, 4) is 0 Å². The fourth-order valence-electron chi connectivity index (χ4n) is 6.12. The number of pyridine rings is 1. The van der Waals surface area contributed by atoms with Crippen LogP contribution < -0.4 is 4.57 Å². The molecule has 3 aromatic carbocycles. The standard InChI is InChI=1S/C32H36N3/c1-19-9-11-22-23-13-20(16-31(2,3)4)10-12-25(23)35-26-15-21(17-32(5,6)7)14-24-28(26)30(27(19)29(22)35)34(8)18-33-24/h9-15,18H,16-17H2,1-8H3/q+1. The van der Waals surface area contributed by atoms with Gasteiger partial charge in [-0.1, -0.05) is 59.7 Å². The highest BCUT2D eigenvalue weighted by Crippen LogP contribution is 2.41. The zero-order valence-corrected chi connectivity index (χ0v) is 22.4. The van der Waals surface area contributed by atoms with Crippen molar-refractivity contribution in [1.82, 2.24) is 9.38 Å². The Kier molecular flexibility index (Phi) is 4.56. The van der Waals surface area contributed by atoms with Crippen LogP contribution in [0, 0.1) is 17.8 Å². The molecule has 0 aliphatic carbocycles. The van der Waals surface area contributed by atoms with Crippen LogP contribution >= 0.6 is 0 Å². The Morgan fingerprint density at radius 2 is 1.49 bits per heavy atom. The second kappa shape index (κ2) is 7.16. The Hall–Kier alpha value is -3.20. The summed E-state index contributed by atoms with van der Waals surface area (Å²) in [6.07, 6.45) is 4.08. The fourth-order valence-corrected chi connectivity index (χ4v) is 6.12. The summed E-state index contributed by atoms with van der Waals surface area (Å²) in [7, 11) is 2.13. The normalized spacial score (nSPS) is 13.4. The van der Waals surface area contributed by atoms with Crippen LogP contribution in [0.25, 0.3) is 49.1 Å². The molecule has 0 fully saturated rings. The Morgan fingerprint density at radius 3 is 2.20 bits per heavy atom. The lowest BCUT2D eigenvalue weighted by atomic mass is 9.87. The number of nitrogens with zero attached hydrogens (tertiary/aromatic N) is 3. The highest BCUT2D eigenvalue weighted by Gasteiger charge is 2.25. The van der Waals surface area contributed by atoms with Crippen molar-refractivity contribution in [2.75, 3.05) is 0 Å². The van der Waals surface area contributed by atoms with Crippen molar-refractivity contribution < 1.29 is 4.57 Å². The average molecular weight is 463 g/mol. The first-order chi connectivity index (χ1) is 16.4. The van der Waals surface area contributed by atoms with E-state index in [9.17, 15) is 0 Å². The summed E-state index contributed by atoms with van der Waals surface area (Å²) in [6.45, 7) is 16.1. The summed E-state index contributed by atoms with van der Waals surface area (Å²) in [4.78, 5) is 4.91. The quantitative estimate of drug-likeness (QED) is 0.147. The van der Waals surface area contributed by atoms with Crippen LogP contribution in [0.3, 0.4) is 0 Å². The lowest BCUT2D eigenvalue weighted by Crippen LogP contribution is -2.30. The third-order valence-corrected chi connectivity index (χ3v) is 7.26. The summed E-state index contributed by atoms with van der Waals surface area (Å²) >= 11 is 0. The minimum atomic E-state index is 0.210. The van der Waals surface area contributed by atoms with E-state index in [1.807, 2.05) is 6.33 Å². The number of aryl methyl sites for hydroxylation is 2. The van der Waals surface area contributed by atoms with Gasteiger partial charge in [-0.05, 0) is 76.5 Å². The molecule has 6 aromatic rings. The molecule has 0 aliphatic heterocycles. The lowest BCUT2D eigenvalue weighted by Gasteiger charge is -2.19. The number of hydrogen-bond acceptors (Lipinski definition) is 1. The van der Waals surface area contributed by atoms with Crippen LogP contribution in [-0.2, 0) is 19.9 Å². The fraction of sp³-hybridized carbons (Fsp3) is 0.375. The molecular weight excluding hydrogens is 426 g/mol. The van der Waals surface area contributed by atoms with Crippen molar-refractivity contribution >= 4 is 49.1 Å². The highest BCUT2D eigenvalue weighted by atomic mass is 15.0. The monoisotopic (exact) mass is 462 g/mol. The van der Waals surface area contributed by atoms with Gasteiger partial charge in [0.25, 0.3) is 6.33 Å². The molecule has 3 heteroatoms. The smallest absolute Gasteiger partial charge is 0.287 e. The van der Waals surface area contributed by atoms with Crippen LogP contribution in [0.15, 0.2) is 48.8 Å². The molecule has 35 heavy (non-hydrogen) atoms. The van der Waals surface area contributed by atoms with E-state index in [1.54, 1.807) is 0 Å². The molecule has 0 N–H and O–H groups in total. The van der Waals surface area contributed by atoms with Crippen molar-refractivity contribution in [2.24, 2.45) is 17.9 Å². The van der Waals surface area contributed by atoms with Crippen LogP contribution in [0.5, 0.6) is 0 Å². The largest absolute Gasteiger partial charge is 0.308 e. The van der Waals surface area contributed by atoms with Crippen molar-refractivity contribution in [3.05, 3.63) is 65.5 Å². The Balaban J connectivity index is 1.85. The van der Waals surface area contributed by atoms with Gasteiger partial charge in [-0.15, -0.1) is 0 Å². The third-order valence-electron chi connectivity index (χ3n) is 7.26. The second-order valence-corrected chi connectivity index (χ2v) is 13.0. The van der Waals surface area contributed by atoms with Crippen molar-refractivity contribution in [1.29, 1.82) is 0 Å². The van der Waals surface area contributed by atoms with Gasteiger partial charge in [0, 0.05) is 16.2 Å². The molecule has 3 nitrogen and oxygen atoms in total. The molecule has 0 aliphatic rings. The van der Waals surface area contributed by atoms with E-state index in [1.165, 1.54) is 60.3 Å². The number of rotatable bonds is 2. The topological polar surface area (TPSA) is 21.2 Å². The first-order valence-corrected chi connectivity index (χ1v) is 12.8. The van der Waals surface area contributed by atoms with Gasteiger partial charge in [0.05, 0.1) is 29.0 Å². The molecule has 0 amide bonds. The molecule has 0 spiro atoms. The van der Waals surface area contributed by atoms with Gasteiger partial charge in [0.15, 0.2) is 5.52 Å². The minimum Gasteiger partial charge on any atom is -0.308 e. The number of fused-ring (bicyclic) bond motifs is 5.